The highest BCUT2D eigenvalue weighted by Crippen LogP contribution is 2.24. The molecule has 0 heterocycles. The van der Waals surface area contributed by atoms with E-state index in [1.807, 2.05) is 19.1 Å². The van der Waals surface area contributed by atoms with Crippen molar-refractivity contribution in [1.82, 2.24) is 0 Å². The highest BCUT2D eigenvalue weighted by molar-refractivity contribution is 6.32. The molecule has 0 radical (unpaired) electrons. The van der Waals surface area contributed by atoms with Crippen LogP contribution in [-0.2, 0) is 0 Å². The van der Waals surface area contributed by atoms with Crippen molar-refractivity contribution >= 4 is 22.9 Å². The Morgan fingerprint density at radius 3 is 2.64 bits per heavy atom. The molecule has 0 amide bonds. The van der Waals surface area contributed by atoms with E-state index in [9.17, 15) is 0 Å². The standard InChI is InChI=1S/C9H10ClN/c1-6(2)8-4-3-7(11)5-9(8)10/h3-5H,1,11H2,2H3. The lowest BCUT2D eigenvalue weighted by molar-refractivity contribution is 1.58. The van der Waals surface area contributed by atoms with Crippen LogP contribution in [0.5, 0.6) is 0 Å². The van der Waals surface area contributed by atoms with Crippen LogP contribution in [0.4, 0.5) is 5.69 Å². The van der Waals surface area contributed by atoms with Crippen LogP contribution in [-0.4, -0.2) is 0 Å². The van der Waals surface area contributed by atoms with Crippen LogP contribution in [0.15, 0.2) is 24.8 Å². The zero-order valence-corrected chi connectivity index (χ0v) is 7.15. The third-order valence-electron chi connectivity index (χ3n) is 1.45. The van der Waals surface area contributed by atoms with E-state index in [-0.39, 0.29) is 0 Å². The fraction of sp³-hybridized carbons (Fsp3) is 0.111. The molecular weight excluding hydrogens is 158 g/mol. The molecule has 58 valence electrons. The Kier molecular flexibility index (Phi) is 2.20. The van der Waals surface area contributed by atoms with E-state index in [0.717, 1.165) is 11.1 Å². The molecule has 0 saturated heterocycles. The van der Waals surface area contributed by atoms with Crippen LogP contribution in [0, 0.1) is 0 Å². The van der Waals surface area contributed by atoms with Gasteiger partial charge in [-0.2, -0.15) is 0 Å². The molecule has 0 spiro atoms. The minimum atomic E-state index is 0.664. The predicted octanol–water partition coefficient (Wildman–Crippen LogP) is 2.96. The quantitative estimate of drug-likeness (QED) is 0.640. The summed E-state index contributed by atoms with van der Waals surface area (Å²) in [6.07, 6.45) is 0. The first kappa shape index (κ1) is 8.15. The van der Waals surface area contributed by atoms with Crippen molar-refractivity contribution in [2.45, 2.75) is 6.92 Å². The topological polar surface area (TPSA) is 26.0 Å². The van der Waals surface area contributed by atoms with Crippen LogP contribution in [0.25, 0.3) is 5.57 Å². The summed E-state index contributed by atoms with van der Waals surface area (Å²) in [4.78, 5) is 0. The first-order chi connectivity index (χ1) is 5.11. The largest absolute Gasteiger partial charge is 0.399 e. The molecule has 1 aromatic carbocycles. The molecule has 2 heteroatoms. The number of anilines is 1. The third kappa shape index (κ3) is 1.75. The van der Waals surface area contributed by atoms with E-state index in [0.29, 0.717) is 10.7 Å². The maximum absolute atomic E-state index is 5.88. The molecule has 0 saturated carbocycles. The van der Waals surface area contributed by atoms with Gasteiger partial charge in [0.25, 0.3) is 0 Å². The third-order valence-corrected chi connectivity index (χ3v) is 1.77. The summed E-state index contributed by atoms with van der Waals surface area (Å²) in [5.74, 6) is 0. The highest BCUT2D eigenvalue weighted by atomic mass is 35.5. The van der Waals surface area contributed by atoms with Gasteiger partial charge < -0.3 is 5.73 Å². The summed E-state index contributed by atoms with van der Waals surface area (Å²) in [6, 6.07) is 5.42. The summed E-state index contributed by atoms with van der Waals surface area (Å²) >= 11 is 5.88. The van der Waals surface area contributed by atoms with Gasteiger partial charge in [0.15, 0.2) is 0 Å². The summed E-state index contributed by atoms with van der Waals surface area (Å²) < 4.78 is 0. The first-order valence-corrected chi connectivity index (χ1v) is 3.70. The minimum absolute atomic E-state index is 0.664. The Labute approximate surface area is 71.5 Å². The summed E-state index contributed by atoms with van der Waals surface area (Å²) in [6.45, 7) is 5.70. The van der Waals surface area contributed by atoms with Crippen molar-refractivity contribution in [2.24, 2.45) is 0 Å². The molecular formula is C9H10ClN. The van der Waals surface area contributed by atoms with Gasteiger partial charge in [-0.25, -0.2) is 0 Å². The number of nitrogen functional groups attached to an aromatic ring is 1. The molecule has 0 unspecified atom stereocenters. The number of allylic oxidation sites excluding steroid dienone is 1. The van der Waals surface area contributed by atoms with Crippen molar-refractivity contribution in [3.8, 4) is 0 Å². The van der Waals surface area contributed by atoms with Crippen molar-refractivity contribution in [2.75, 3.05) is 5.73 Å². The van der Waals surface area contributed by atoms with Gasteiger partial charge in [-0.05, 0) is 30.2 Å². The van der Waals surface area contributed by atoms with Gasteiger partial charge in [-0.15, -0.1) is 0 Å². The van der Waals surface area contributed by atoms with Crippen LogP contribution in [0.1, 0.15) is 12.5 Å². The first-order valence-electron chi connectivity index (χ1n) is 3.32. The van der Waals surface area contributed by atoms with E-state index in [1.54, 1.807) is 6.07 Å². The average molecular weight is 168 g/mol. The van der Waals surface area contributed by atoms with Crippen LogP contribution in [0.3, 0.4) is 0 Å². The van der Waals surface area contributed by atoms with Gasteiger partial charge in [0, 0.05) is 5.69 Å². The lowest BCUT2D eigenvalue weighted by Gasteiger charge is -2.02. The van der Waals surface area contributed by atoms with Gasteiger partial charge in [0.2, 0.25) is 0 Å². The number of hydrogen-bond acceptors (Lipinski definition) is 1. The van der Waals surface area contributed by atoms with Crippen molar-refractivity contribution in [1.29, 1.82) is 0 Å². The number of hydrogen-bond donors (Lipinski definition) is 1. The average Bonchev–Trinajstić information content (AvgIpc) is 1.85. The van der Waals surface area contributed by atoms with Gasteiger partial charge in [0.1, 0.15) is 0 Å². The van der Waals surface area contributed by atoms with E-state index < -0.39 is 0 Å². The summed E-state index contributed by atoms with van der Waals surface area (Å²) in [7, 11) is 0. The number of rotatable bonds is 1. The van der Waals surface area contributed by atoms with Gasteiger partial charge in [-0.3, -0.25) is 0 Å². The van der Waals surface area contributed by atoms with E-state index in [4.69, 9.17) is 17.3 Å². The Morgan fingerprint density at radius 2 is 2.18 bits per heavy atom. The summed E-state index contributed by atoms with van der Waals surface area (Å²) in [5, 5.41) is 0.664. The van der Waals surface area contributed by atoms with E-state index in [2.05, 4.69) is 6.58 Å². The number of nitrogens with two attached hydrogens (primary N) is 1. The molecule has 11 heavy (non-hydrogen) atoms. The molecule has 0 atom stereocenters. The minimum Gasteiger partial charge on any atom is -0.399 e. The molecule has 1 aromatic rings. The Morgan fingerprint density at radius 1 is 1.55 bits per heavy atom. The smallest absolute Gasteiger partial charge is 0.0501 e. The normalized spacial score (nSPS) is 9.64. The maximum Gasteiger partial charge on any atom is 0.0501 e. The molecule has 0 fully saturated rings. The molecule has 0 aliphatic rings. The van der Waals surface area contributed by atoms with Crippen LogP contribution >= 0.6 is 11.6 Å². The Balaban J connectivity index is 3.20. The van der Waals surface area contributed by atoms with Crippen LogP contribution in [0.2, 0.25) is 5.02 Å². The molecule has 0 bridgehead atoms. The van der Waals surface area contributed by atoms with E-state index in [1.165, 1.54) is 0 Å². The second kappa shape index (κ2) is 2.97. The number of halogens is 1. The fourth-order valence-corrected chi connectivity index (χ4v) is 1.23. The zero-order valence-electron chi connectivity index (χ0n) is 6.39. The van der Waals surface area contributed by atoms with Crippen molar-refractivity contribution < 1.29 is 0 Å². The molecule has 1 nitrogen and oxygen atoms in total. The second-order valence-corrected chi connectivity index (χ2v) is 2.93. The maximum atomic E-state index is 5.88. The van der Waals surface area contributed by atoms with Crippen LogP contribution < -0.4 is 5.73 Å². The highest BCUT2D eigenvalue weighted by Gasteiger charge is 1.99. The Hall–Kier alpha value is -0.950. The second-order valence-electron chi connectivity index (χ2n) is 2.52. The monoisotopic (exact) mass is 167 g/mol. The number of benzene rings is 1. The molecule has 0 aliphatic carbocycles. The lowest BCUT2D eigenvalue weighted by atomic mass is 10.1. The van der Waals surface area contributed by atoms with Gasteiger partial charge in [-0.1, -0.05) is 24.2 Å². The Bertz CT molecular complexity index is 292. The van der Waals surface area contributed by atoms with Gasteiger partial charge >= 0.3 is 0 Å². The zero-order chi connectivity index (χ0) is 8.43. The van der Waals surface area contributed by atoms with E-state index >= 15 is 0 Å². The van der Waals surface area contributed by atoms with Gasteiger partial charge in [0.05, 0.1) is 5.02 Å². The molecule has 0 aliphatic heterocycles. The fourth-order valence-electron chi connectivity index (χ4n) is 0.877. The van der Waals surface area contributed by atoms with Crippen molar-refractivity contribution in [3.63, 3.8) is 0 Å². The molecule has 0 aromatic heterocycles. The predicted molar refractivity (Wildman–Crippen MR) is 50.6 cm³/mol. The summed E-state index contributed by atoms with van der Waals surface area (Å²) in [5.41, 5.74) is 8.11. The molecule has 2 N–H and O–H groups in total. The van der Waals surface area contributed by atoms with Crippen molar-refractivity contribution in [3.05, 3.63) is 35.4 Å². The lowest BCUT2D eigenvalue weighted by Crippen LogP contribution is -1.86. The SMILES string of the molecule is C=C(C)c1ccc(N)cc1Cl. The molecule has 1 rings (SSSR count).